The number of nitrogens with one attached hydrogen (secondary N) is 2. The van der Waals surface area contributed by atoms with Crippen LogP contribution in [0.25, 0.3) is 11.3 Å². The number of rotatable bonds is 3. The highest BCUT2D eigenvalue weighted by atomic mass is 79.9. The van der Waals surface area contributed by atoms with Gasteiger partial charge >= 0.3 is 0 Å². The lowest BCUT2D eigenvalue weighted by molar-refractivity contribution is 0.102. The Balaban J connectivity index is 1.79. The summed E-state index contributed by atoms with van der Waals surface area (Å²) in [5.41, 5.74) is 3.69. The Morgan fingerprint density at radius 2 is 2.04 bits per heavy atom. The minimum atomic E-state index is -0.243. The summed E-state index contributed by atoms with van der Waals surface area (Å²) >= 11 is 9.41. The number of benzene rings is 2. The van der Waals surface area contributed by atoms with Crippen LogP contribution < -0.4 is 5.32 Å². The van der Waals surface area contributed by atoms with Crippen LogP contribution >= 0.6 is 27.5 Å². The number of hydrogen-bond acceptors (Lipinski definition) is 2. The van der Waals surface area contributed by atoms with Crippen LogP contribution in [0, 0.1) is 6.92 Å². The van der Waals surface area contributed by atoms with Crippen LogP contribution in [-0.4, -0.2) is 16.1 Å². The van der Waals surface area contributed by atoms with Crippen molar-refractivity contribution in [2.24, 2.45) is 0 Å². The molecule has 2 aromatic carbocycles. The number of aromatic nitrogens is 2. The van der Waals surface area contributed by atoms with Crippen LogP contribution in [-0.2, 0) is 0 Å². The van der Waals surface area contributed by atoms with Crippen molar-refractivity contribution in [2.75, 3.05) is 5.32 Å². The number of anilines is 1. The quantitative estimate of drug-likeness (QED) is 0.657. The second-order valence-corrected chi connectivity index (χ2v) is 6.39. The van der Waals surface area contributed by atoms with Gasteiger partial charge in [0.2, 0.25) is 0 Å². The molecule has 0 atom stereocenters. The van der Waals surface area contributed by atoms with E-state index in [0.717, 1.165) is 21.3 Å². The van der Waals surface area contributed by atoms with Crippen LogP contribution in [0.4, 0.5) is 5.69 Å². The largest absolute Gasteiger partial charge is 0.321 e. The van der Waals surface area contributed by atoms with Gasteiger partial charge in [-0.05, 0) is 48.9 Å². The van der Waals surface area contributed by atoms with Crippen LogP contribution in [0.3, 0.4) is 0 Å². The van der Waals surface area contributed by atoms with Gasteiger partial charge < -0.3 is 5.32 Å². The molecule has 1 heterocycles. The summed E-state index contributed by atoms with van der Waals surface area (Å²) in [4.78, 5) is 12.3. The zero-order chi connectivity index (χ0) is 16.4. The number of aromatic amines is 1. The van der Waals surface area contributed by atoms with Gasteiger partial charge in [0.15, 0.2) is 0 Å². The molecule has 0 radical (unpaired) electrons. The van der Waals surface area contributed by atoms with Gasteiger partial charge in [-0.1, -0.05) is 39.7 Å². The Morgan fingerprint density at radius 1 is 1.22 bits per heavy atom. The molecule has 0 saturated carbocycles. The summed E-state index contributed by atoms with van der Waals surface area (Å²) in [6.45, 7) is 1.97. The summed E-state index contributed by atoms with van der Waals surface area (Å²) in [6.07, 6.45) is 0. The van der Waals surface area contributed by atoms with Gasteiger partial charge in [0, 0.05) is 20.7 Å². The van der Waals surface area contributed by atoms with Gasteiger partial charge in [0.25, 0.3) is 5.91 Å². The Kier molecular flexibility index (Phi) is 4.50. The summed E-state index contributed by atoms with van der Waals surface area (Å²) in [6, 6.07) is 14.7. The molecule has 116 valence electrons. The average molecular weight is 391 g/mol. The first-order valence-corrected chi connectivity index (χ1v) is 8.09. The highest BCUT2D eigenvalue weighted by molar-refractivity contribution is 9.10. The minimum Gasteiger partial charge on any atom is -0.321 e. The van der Waals surface area contributed by atoms with Crippen LogP contribution in [0.5, 0.6) is 0 Å². The molecule has 3 rings (SSSR count). The number of halogens is 2. The molecule has 0 saturated heterocycles. The third-order valence-corrected chi connectivity index (χ3v) is 4.48. The van der Waals surface area contributed by atoms with Crippen LogP contribution in [0.2, 0.25) is 5.02 Å². The first-order valence-electron chi connectivity index (χ1n) is 6.92. The lowest BCUT2D eigenvalue weighted by Crippen LogP contribution is -2.12. The molecule has 2 N–H and O–H groups in total. The van der Waals surface area contributed by atoms with Crippen molar-refractivity contribution < 1.29 is 4.79 Å². The summed E-state index contributed by atoms with van der Waals surface area (Å²) < 4.78 is 1.00. The van der Waals surface area contributed by atoms with Gasteiger partial charge in [0.1, 0.15) is 5.69 Å². The highest BCUT2D eigenvalue weighted by Gasteiger charge is 2.12. The van der Waals surface area contributed by atoms with Gasteiger partial charge in [-0.3, -0.25) is 9.89 Å². The van der Waals surface area contributed by atoms with E-state index in [-0.39, 0.29) is 5.91 Å². The van der Waals surface area contributed by atoms with Crippen molar-refractivity contribution in [1.82, 2.24) is 10.2 Å². The number of nitrogens with zero attached hydrogens (tertiary/aromatic N) is 1. The molecular formula is C17H13BrClN3O. The molecule has 0 unspecified atom stereocenters. The SMILES string of the molecule is Cc1cc(NC(=O)c2cc(-c3cccc(Cl)c3)n[nH]2)ccc1Br. The molecule has 6 heteroatoms. The molecule has 1 aromatic heterocycles. The smallest absolute Gasteiger partial charge is 0.273 e. The maximum atomic E-state index is 12.3. The van der Waals surface area contributed by atoms with E-state index in [1.54, 1.807) is 18.2 Å². The second kappa shape index (κ2) is 6.56. The van der Waals surface area contributed by atoms with Crippen molar-refractivity contribution >= 4 is 39.1 Å². The van der Waals surface area contributed by atoms with Gasteiger partial charge in [0.05, 0.1) is 5.69 Å². The van der Waals surface area contributed by atoms with E-state index >= 15 is 0 Å². The summed E-state index contributed by atoms with van der Waals surface area (Å²) in [7, 11) is 0. The summed E-state index contributed by atoms with van der Waals surface area (Å²) in [5, 5.41) is 10.4. The van der Waals surface area contributed by atoms with E-state index in [9.17, 15) is 4.79 Å². The molecule has 0 fully saturated rings. The van der Waals surface area contributed by atoms with Crippen molar-refractivity contribution in [2.45, 2.75) is 6.92 Å². The molecule has 0 bridgehead atoms. The third-order valence-electron chi connectivity index (χ3n) is 3.36. The van der Waals surface area contributed by atoms with E-state index in [4.69, 9.17) is 11.6 Å². The molecular weight excluding hydrogens is 378 g/mol. The zero-order valence-corrected chi connectivity index (χ0v) is 14.6. The topological polar surface area (TPSA) is 57.8 Å². The van der Waals surface area contributed by atoms with Gasteiger partial charge in [-0.2, -0.15) is 5.10 Å². The Bertz CT molecular complexity index is 876. The fourth-order valence-electron chi connectivity index (χ4n) is 2.15. The Labute approximate surface area is 147 Å². The Morgan fingerprint density at radius 3 is 2.78 bits per heavy atom. The summed E-state index contributed by atoms with van der Waals surface area (Å²) in [5.74, 6) is -0.243. The monoisotopic (exact) mass is 389 g/mol. The second-order valence-electron chi connectivity index (χ2n) is 5.10. The molecule has 0 spiro atoms. The number of aryl methyl sites for hydroxylation is 1. The third kappa shape index (κ3) is 3.63. The lowest BCUT2D eigenvalue weighted by atomic mass is 10.1. The maximum Gasteiger partial charge on any atom is 0.273 e. The fourth-order valence-corrected chi connectivity index (χ4v) is 2.59. The molecule has 3 aromatic rings. The predicted octanol–water partition coefficient (Wildman–Crippen LogP) is 5.05. The molecule has 0 aliphatic carbocycles. The maximum absolute atomic E-state index is 12.3. The molecule has 1 amide bonds. The molecule has 23 heavy (non-hydrogen) atoms. The van der Waals surface area contributed by atoms with Crippen molar-refractivity contribution in [3.63, 3.8) is 0 Å². The Hall–Kier alpha value is -2.11. The zero-order valence-electron chi connectivity index (χ0n) is 12.2. The van der Waals surface area contributed by atoms with E-state index < -0.39 is 0 Å². The standard InChI is InChI=1S/C17H13BrClN3O/c1-10-7-13(5-6-14(10)18)20-17(23)16-9-15(21-22-16)11-3-2-4-12(19)8-11/h2-9H,1H3,(H,20,23)(H,21,22). The number of H-pyrrole nitrogens is 1. The molecule has 0 aliphatic rings. The number of amides is 1. The van der Waals surface area contributed by atoms with Crippen LogP contribution in [0.1, 0.15) is 16.1 Å². The normalized spacial score (nSPS) is 10.6. The number of carbonyl (C=O) groups excluding carboxylic acids is 1. The van der Waals surface area contributed by atoms with E-state index in [2.05, 4.69) is 31.4 Å². The highest BCUT2D eigenvalue weighted by Crippen LogP contribution is 2.23. The van der Waals surface area contributed by atoms with Gasteiger partial charge in [-0.25, -0.2) is 0 Å². The first-order chi connectivity index (χ1) is 11.0. The van der Waals surface area contributed by atoms with E-state index in [1.807, 2.05) is 37.3 Å². The average Bonchev–Trinajstić information content (AvgIpc) is 3.01. The van der Waals surface area contributed by atoms with E-state index in [0.29, 0.717) is 16.4 Å². The minimum absolute atomic E-state index is 0.243. The van der Waals surface area contributed by atoms with Gasteiger partial charge in [-0.15, -0.1) is 0 Å². The number of hydrogen-bond donors (Lipinski definition) is 2. The van der Waals surface area contributed by atoms with Crippen molar-refractivity contribution in [3.05, 3.63) is 69.3 Å². The van der Waals surface area contributed by atoms with Crippen molar-refractivity contribution in [1.29, 1.82) is 0 Å². The van der Waals surface area contributed by atoms with Crippen molar-refractivity contribution in [3.8, 4) is 11.3 Å². The first kappa shape index (κ1) is 15.8. The van der Waals surface area contributed by atoms with E-state index in [1.165, 1.54) is 0 Å². The molecule has 0 aliphatic heterocycles. The van der Waals surface area contributed by atoms with Crippen LogP contribution in [0.15, 0.2) is 53.0 Å². The lowest BCUT2D eigenvalue weighted by Gasteiger charge is -2.05. The number of carbonyl (C=O) groups is 1. The predicted molar refractivity (Wildman–Crippen MR) is 95.9 cm³/mol. The fraction of sp³-hybridized carbons (Fsp3) is 0.0588. The molecule has 4 nitrogen and oxygen atoms in total.